The minimum absolute atomic E-state index is 0.297. The van der Waals surface area contributed by atoms with Crippen LogP contribution in [0.3, 0.4) is 0 Å². The van der Waals surface area contributed by atoms with Gasteiger partial charge in [0.15, 0.2) is 0 Å². The minimum Gasteiger partial charge on any atom is -0.484 e. The molecule has 2 aromatic rings. The monoisotopic (exact) mass is 343 g/mol. The van der Waals surface area contributed by atoms with Crippen molar-refractivity contribution in [3.05, 3.63) is 63.3 Å². The Balaban J connectivity index is 2.18. The minimum atomic E-state index is -0.330. The second-order valence-corrected chi connectivity index (χ2v) is 5.26. The van der Waals surface area contributed by atoms with Crippen LogP contribution in [0.4, 0.5) is 4.39 Å². The van der Waals surface area contributed by atoms with Crippen LogP contribution in [0.2, 0.25) is 5.02 Å². The van der Waals surface area contributed by atoms with E-state index in [9.17, 15) is 4.39 Å². The van der Waals surface area contributed by atoms with E-state index < -0.39 is 0 Å². The maximum atomic E-state index is 13.1. The third kappa shape index (κ3) is 3.69. The lowest BCUT2D eigenvalue weighted by Gasteiger charge is -2.18. The van der Waals surface area contributed by atoms with E-state index >= 15 is 0 Å². The molecule has 100 valence electrons. The van der Waals surface area contributed by atoms with E-state index in [-0.39, 0.29) is 11.9 Å². The lowest BCUT2D eigenvalue weighted by atomic mass is 10.1. The zero-order valence-corrected chi connectivity index (χ0v) is 12.3. The standard InChI is InChI=1S/C14H12BrClFNO/c15-12-7-11(5-6-13(12)17)19-14(8-18)9-1-3-10(16)4-2-9/h1-7,14H,8,18H2. The molecule has 0 radical (unpaired) electrons. The van der Waals surface area contributed by atoms with Gasteiger partial charge in [-0.2, -0.15) is 0 Å². The predicted octanol–water partition coefficient (Wildman–Crippen LogP) is 4.32. The molecule has 2 nitrogen and oxygen atoms in total. The second kappa shape index (κ2) is 6.37. The highest BCUT2D eigenvalue weighted by atomic mass is 79.9. The molecule has 2 aromatic carbocycles. The van der Waals surface area contributed by atoms with Crippen LogP contribution in [0, 0.1) is 5.82 Å². The van der Waals surface area contributed by atoms with Crippen molar-refractivity contribution in [3.8, 4) is 5.75 Å². The number of ether oxygens (including phenoxy) is 1. The van der Waals surface area contributed by atoms with Gasteiger partial charge in [-0.3, -0.25) is 0 Å². The van der Waals surface area contributed by atoms with Crippen LogP contribution in [-0.4, -0.2) is 6.54 Å². The van der Waals surface area contributed by atoms with Crippen LogP contribution in [-0.2, 0) is 0 Å². The van der Waals surface area contributed by atoms with Crippen LogP contribution in [0.5, 0.6) is 5.75 Å². The molecule has 1 atom stereocenters. The summed E-state index contributed by atoms with van der Waals surface area (Å²) in [7, 11) is 0. The van der Waals surface area contributed by atoms with Crippen LogP contribution in [0.25, 0.3) is 0 Å². The maximum Gasteiger partial charge on any atom is 0.137 e. The average molecular weight is 345 g/mol. The largest absolute Gasteiger partial charge is 0.484 e. The van der Waals surface area contributed by atoms with Crippen molar-refractivity contribution in [2.45, 2.75) is 6.10 Å². The van der Waals surface area contributed by atoms with Crippen molar-refractivity contribution in [2.24, 2.45) is 5.73 Å². The van der Waals surface area contributed by atoms with E-state index in [2.05, 4.69) is 15.9 Å². The molecule has 0 fully saturated rings. The third-order valence-electron chi connectivity index (χ3n) is 2.63. The second-order valence-electron chi connectivity index (χ2n) is 3.97. The summed E-state index contributed by atoms with van der Waals surface area (Å²) in [4.78, 5) is 0. The molecule has 0 spiro atoms. The summed E-state index contributed by atoms with van der Waals surface area (Å²) in [5.74, 6) is 0.224. The van der Waals surface area contributed by atoms with Crippen molar-refractivity contribution in [3.63, 3.8) is 0 Å². The molecule has 19 heavy (non-hydrogen) atoms. The molecule has 0 aromatic heterocycles. The van der Waals surface area contributed by atoms with Crippen molar-refractivity contribution in [1.29, 1.82) is 0 Å². The topological polar surface area (TPSA) is 35.2 Å². The predicted molar refractivity (Wildman–Crippen MR) is 78.0 cm³/mol. The molecule has 0 bridgehead atoms. The highest BCUT2D eigenvalue weighted by Gasteiger charge is 2.12. The van der Waals surface area contributed by atoms with Gasteiger partial charge in [-0.25, -0.2) is 4.39 Å². The van der Waals surface area contributed by atoms with E-state index in [0.29, 0.717) is 21.8 Å². The van der Waals surface area contributed by atoms with Gasteiger partial charge < -0.3 is 10.5 Å². The van der Waals surface area contributed by atoms with Gasteiger partial charge >= 0.3 is 0 Å². The van der Waals surface area contributed by atoms with Crippen molar-refractivity contribution in [2.75, 3.05) is 6.54 Å². The Kier molecular flexibility index (Phi) is 4.80. The van der Waals surface area contributed by atoms with Crippen molar-refractivity contribution >= 4 is 27.5 Å². The quantitative estimate of drug-likeness (QED) is 0.896. The molecule has 0 saturated carbocycles. The Morgan fingerprint density at radius 2 is 1.89 bits per heavy atom. The first-order valence-electron chi connectivity index (χ1n) is 5.67. The van der Waals surface area contributed by atoms with E-state index in [0.717, 1.165) is 5.56 Å². The summed E-state index contributed by atoms with van der Waals surface area (Å²) in [5, 5.41) is 0.657. The van der Waals surface area contributed by atoms with Gasteiger partial charge in [-0.05, 0) is 51.8 Å². The fourth-order valence-corrected chi connectivity index (χ4v) is 2.13. The summed E-state index contributed by atoms with van der Waals surface area (Å²) in [6.07, 6.45) is -0.297. The summed E-state index contributed by atoms with van der Waals surface area (Å²) < 4.78 is 19.3. The van der Waals surface area contributed by atoms with Crippen LogP contribution in [0.15, 0.2) is 46.9 Å². The number of nitrogens with two attached hydrogens (primary N) is 1. The van der Waals surface area contributed by atoms with E-state index in [1.165, 1.54) is 6.07 Å². The number of hydrogen-bond acceptors (Lipinski definition) is 2. The average Bonchev–Trinajstić information content (AvgIpc) is 2.41. The number of hydrogen-bond donors (Lipinski definition) is 1. The molecule has 0 aliphatic carbocycles. The van der Waals surface area contributed by atoms with Gasteiger partial charge in [0, 0.05) is 11.6 Å². The first-order chi connectivity index (χ1) is 9.10. The van der Waals surface area contributed by atoms with Crippen LogP contribution < -0.4 is 10.5 Å². The highest BCUT2D eigenvalue weighted by Crippen LogP contribution is 2.26. The zero-order valence-electron chi connectivity index (χ0n) is 9.95. The summed E-state index contributed by atoms with van der Waals surface area (Å²) in [6.45, 7) is 0.316. The Bertz CT molecular complexity index is 562. The molecule has 2 rings (SSSR count). The van der Waals surface area contributed by atoms with Gasteiger partial charge in [0.1, 0.15) is 17.7 Å². The van der Waals surface area contributed by atoms with Gasteiger partial charge in [-0.15, -0.1) is 0 Å². The first kappa shape index (κ1) is 14.3. The SMILES string of the molecule is NCC(Oc1ccc(F)c(Br)c1)c1ccc(Cl)cc1. The molecule has 2 N–H and O–H groups in total. The van der Waals surface area contributed by atoms with Crippen molar-refractivity contribution < 1.29 is 9.13 Å². The first-order valence-corrected chi connectivity index (χ1v) is 6.84. The maximum absolute atomic E-state index is 13.1. The van der Waals surface area contributed by atoms with Gasteiger partial charge in [0.05, 0.1) is 4.47 Å². The molecule has 0 amide bonds. The zero-order chi connectivity index (χ0) is 13.8. The Labute approximate surface area is 124 Å². The van der Waals surface area contributed by atoms with Crippen molar-refractivity contribution in [1.82, 2.24) is 0 Å². The molecule has 0 heterocycles. The molecule has 0 aliphatic heterocycles. The van der Waals surface area contributed by atoms with E-state index in [4.69, 9.17) is 22.1 Å². The molecule has 5 heteroatoms. The number of benzene rings is 2. The Morgan fingerprint density at radius 3 is 2.47 bits per heavy atom. The third-order valence-corrected chi connectivity index (χ3v) is 3.48. The molecule has 0 aliphatic rings. The molecular formula is C14H12BrClFNO. The summed E-state index contributed by atoms with van der Waals surface area (Å²) in [6, 6.07) is 11.8. The number of rotatable bonds is 4. The molecule has 0 saturated heterocycles. The van der Waals surface area contributed by atoms with Gasteiger partial charge in [0.25, 0.3) is 0 Å². The smallest absolute Gasteiger partial charge is 0.137 e. The van der Waals surface area contributed by atoms with Crippen LogP contribution >= 0.6 is 27.5 Å². The van der Waals surface area contributed by atoms with E-state index in [1.54, 1.807) is 24.3 Å². The normalized spacial score (nSPS) is 12.2. The fraction of sp³-hybridized carbons (Fsp3) is 0.143. The summed E-state index contributed by atoms with van der Waals surface area (Å²) in [5.41, 5.74) is 6.64. The molecule has 1 unspecified atom stereocenters. The lowest BCUT2D eigenvalue weighted by Crippen LogP contribution is -2.18. The fourth-order valence-electron chi connectivity index (χ4n) is 1.64. The molecular weight excluding hydrogens is 333 g/mol. The van der Waals surface area contributed by atoms with E-state index in [1.807, 2.05) is 12.1 Å². The Hall–Kier alpha value is -1.10. The summed E-state index contributed by atoms with van der Waals surface area (Å²) >= 11 is 8.96. The van der Waals surface area contributed by atoms with Gasteiger partial charge in [-0.1, -0.05) is 23.7 Å². The highest BCUT2D eigenvalue weighted by molar-refractivity contribution is 9.10. The van der Waals surface area contributed by atoms with Crippen LogP contribution in [0.1, 0.15) is 11.7 Å². The van der Waals surface area contributed by atoms with Gasteiger partial charge in [0.2, 0.25) is 0 Å². The number of halogens is 3. The Morgan fingerprint density at radius 1 is 1.21 bits per heavy atom. The lowest BCUT2D eigenvalue weighted by molar-refractivity contribution is 0.214.